The molecule has 0 aliphatic carbocycles. The number of alkyl halides is 3. The maximum atomic E-state index is 10.6. The number of carboxylic acid groups (broad SMARTS) is 1. The number of halogens is 3. The topological polar surface area (TPSA) is 83.6 Å². The molecule has 0 heterocycles. The number of carbonyl (C=O) groups is 2. The summed E-state index contributed by atoms with van der Waals surface area (Å²) in [5.41, 5.74) is 4.88. The number of hydrogen-bond donors (Lipinski definition) is 2. The summed E-state index contributed by atoms with van der Waals surface area (Å²) in [4.78, 5) is 20.9. The fourth-order valence-electron chi connectivity index (χ4n) is 0.334. The number of carbonyl (C=O) groups excluding carboxylic acids is 1. The number of carboxylic acids is 1. The van der Waals surface area contributed by atoms with Gasteiger partial charge in [-0.3, -0.25) is 4.79 Å². The summed E-state index contributed by atoms with van der Waals surface area (Å²) in [6.07, 6.45) is -4.63. The number of primary amides is 1. The first-order valence-electron chi connectivity index (χ1n) is 3.80. The Kier molecular flexibility index (Phi) is 7.58. The zero-order valence-electron chi connectivity index (χ0n) is 8.34. The minimum atomic E-state index is -5.08. The highest BCUT2D eigenvalue weighted by molar-refractivity contribution is 5.73. The Balaban J connectivity index is 0. The fraction of sp³-hybridized carbons (Fsp3) is 0.714. The van der Waals surface area contributed by atoms with E-state index in [0.29, 0.717) is 6.42 Å². The quantitative estimate of drug-likeness (QED) is 0.717. The molecule has 0 unspecified atom stereocenters. The molecule has 0 spiro atoms. The summed E-state index contributed by atoms with van der Waals surface area (Å²) < 4.78 is 31.7. The maximum Gasteiger partial charge on any atom is 0.490 e. The van der Waals surface area contributed by atoms with Crippen LogP contribution in [0.25, 0.3) is 0 Å². The highest BCUT2D eigenvalue weighted by Crippen LogP contribution is 2.13. The van der Waals surface area contributed by atoms with Crippen LogP contribution in [0.5, 0.6) is 0 Å². The fourth-order valence-corrected chi connectivity index (χ4v) is 0.334. The van der Waals surface area contributed by atoms with Gasteiger partial charge in [-0.25, -0.2) is 4.79 Å². The molecule has 0 aromatic carbocycles. The Hall–Kier alpha value is -1.31. The van der Waals surface area contributed by atoms with E-state index in [2.05, 4.69) is 0 Å². The molecule has 0 aromatic rings. The highest BCUT2D eigenvalue weighted by Gasteiger charge is 2.38. The standard InChI is InChI=1S/C5H12N2O.C2HF3O2/c1-7(2)4-3-5(6)8;3-2(4,5)1(6)7/h3-4H2,1-2H3,(H2,6,8);(H,6,7). The molecule has 0 saturated carbocycles. The lowest BCUT2D eigenvalue weighted by Crippen LogP contribution is -2.21. The van der Waals surface area contributed by atoms with Crippen molar-refractivity contribution in [3.05, 3.63) is 0 Å². The molecule has 0 fully saturated rings. The van der Waals surface area contributed by atoms with Crippen LogP contribution in [0, 0.1) is 0 Å². The van der Waals surface area contributed by atoms with Gasteiger partial charge in [0.25, 0.3) is 0 Å². The summed E-state index contributed by atoms with van der Waals surface area (Å²) in [6, 6.07) is 0. The Morgan fingerprint density at radius 2 is 1.67 bits per heavy atom. The first-order valence-corrected chi connectivity index (χ1v) is 3.80. The number of rotatable bonds is 3. The third-order valence-electron chi connectivity index (χ3n) is 1.05. The van der Waals surface area contributed by atoms with E-state index in [0.717, 1.165) is 6.54 Å². The lowest BCUT2D eigenvalue weighted by atomic mass is 10.4. The van der Waals surface area contributed by atoms with Crippen LogP contribution in [-0.4, -0.2) is 48.7 Å². The molecular formula is C7H13F3N2O3. The molecule has 1 amide bonds. The Morgan fingerprint density at radius 1 is 1.33 bits per heavy atom. The molecule has 15 heavy (non-hydrogen) atoms. The first kappa shape index (κ1) is 16.1. The SMILES string of the molecule is CN(C)CCC(N)=O.O=C(O)C(F)(F)F. The lowest BCUT2D eigenvalue weighted by Gasteiger charge is -2.05. The largest absolute Gasteiger partial charge is 0.490 e. The van der Waals surface area contributed by atoms with Crippen molar-refractivity contribution in [3.63, 3.8) is 0 Å². The first-order chi connectivity index (χ1) is 6.57. The van der Waals surface area contributed by atoms with E-state index in [9.17, 15) is 18.0 Å². The molecule has 0 radical (unpaired) electrons. The summed E-state index contributed by atoms with van der Waals surface area (Å²) in [6.45, 7) is 0.745. The number of hydrogen-bond acceptors (Lipinski definition) is 3. The van der Waals surface area contributed by atoms with Gasteiger partial charge in [-0.2, -0.15) is 13.2 Å². The van der Waals surface area contributed by atoms with Crippen molar-refractivity contribution in [2.24, 2.45) is 5.73 Å². The van der Waals surface area contributed by atoms with Crippen LogP contribution in [0.15, 0.2) is 0 Å². The molecule has 0 aliphatic heterocycles. The normalized spacial score (nSPS) is 10.5. The predicted molar refractivity (Wildman–Crippen MR) is 46.1 cm³/mol. The Bertz CT molecular complexity index is 216. The monoisotopic (exact) mass is 230 g/mol. The number of amides is 1. The highest BCUT2D eigenvalue weighted by atomic mass is 19.4. The zero-order chi connectivity index (χ0) is 12.6. The van der Waals surface area contributed by atoms with Gasteiger partial charge in [0.2, 0.25) is 5.91 Å². The van der Waals surface area contributed by atoms with Crippen LogP contribution in [0.4, 0.5) is 13.2 Å². The van der Waals surface area contributed by atoms with Gasteiger partial charge in [-0.1, -0.05) is 0 Å². The van der Waals surface area contributed by atoms with E-state index in [4.69, 9.17) is 15.6 Å². The van der Waals surface area contributed by atoms with Gasteiger partial charge in [0.05, 0.1) is 0 Å². The third kappa shape index (κ3) is 15.4. The summed E-state index contributed by atoms with van der Waals surface area (Å²) in [7, 11) is 3.81. The molecule has 0 bridgehead atoms. The van der Waals surface area contributed by atoms with Gasteiger partial charge >= 0.3 is 12.1 Å². The van der Waals surface area contributed by atoms with Crippen molar-refractivity contribution in [1.82, 2.24) is 4.90 Å². The van der Waals surface area contributed by atoms with Crippen LogP contribution in [0.3, 0.4) is 0 Å². The van der Waals surface area contributed by atoms with E-state index in [-0.39, 0.29) is 5.91 Å². The van der Waals surface area contributed by atoms with E-state index in [1.807, 2.05) is 19.0 Å². The molecule has 0 atom stereocenters. The van der Waals surface area contributed by atoms with Crippen molar-refractivity contribution in [3.8, 4) is 0 Å². The van der Waals surface area contributed by atoms with Gasteiger partial charge in [0.1, 0.15) is 0 Å². The van der Waals surface area contributed by atoms with Crippen molar-refractivity contribution < 1.29 is 27.9 Å². The van der Waals surface area contributed by atoms with Crippen LogP contribution < -0.4 is 5.73 Å². The number of nitrogens with two attached hydrogens (primary N) is 1. The molecule has 0 rings (SSSR count). The van der Waals surface area contributed by atoms with Crippen LogP contribution in [0.1, 0.15) is 6.42 Å². The van der Waals surface area contributed by atoms with E-state index < -0.39 is 12.1 Å². The van der Waals surface area contributed by atoms with Crippen LogP contribution in [-0.2, 0) is 9.59 Å². The van der Waals surface area contributed by atoms with Gasteiger partial charge in [0, 0.05) is 13.0 Å². The van der Waals surface area contributed by atoms with Crippen molar-refractivity contribution in [1.29, 1.82) is 0 Å². The summed E-state index contributed by atoms with van der Waals surface area (Å²) >= 11 is 0. The van der Waals surface area contributed by atoms with Gasteiger partial charge in [-0.15, -0.1) is 0 Å². The average molecular weight is 230 g/mol. The minimum Gasteiger partial charge on any atom is -0.475 e. The van der Waals surface area contributed by atoms with E-state index in [1.165, 1.54) is 0 Å². The predicted octanol–water partition coefficient (Wildman–Crippen LogP) is 0.0567. The van der Waals surface area contributed by atoms with Gasteiger partial charge in [0.15, 0.2) is 0 Å². The molecule has 90 valence electrons. The van der Waals surface area contributed by atoms with Gasteiger partial charge in [-0.05, 0) is 14.1 Å². The molecule has 3 N–H and O–H groups in total. The summed E-state index contributed by atoms with van der Waals surface area (Å²) in [5, 5.41) is 7.12. The second-order valence-corrected chi connectivity index (χ2v) is 2.82. The zero-order valence-corrected chi connectivity index (χ0v) is 8.34. The number of aliphatic carboxylic acids is 1. The number of nitrogens with zero attached hydrogens (tertiary/aromatic N) is 1. The Labute approximate surface area is 84.6 Å². The molecule has 0 aliphatic rings. The Morgan fingerprint density at radius 3 is 1.73 bits per heavy atom. The lowest BCUT2D eigenvalue weighted by molar-refractivity contribution is -0.192. The smallest absolute Gasteiger partial charge is 0.475 e. The van der Waals surface area contributed by atoms with E-state index in [1.54, 1.807) is 0 Å². The maximum absolute atomic E-state index is 10.6. The molecular weight excluding hydrogens is 217 g/mol. The van der Waals surface area contributed by atoms with Crippen LogP contribution in [0.2, 0.25) is 0 Å². The molecule has 8 heteroatoms. The second-order valence-electron chi connectivity index (χ2n) is 2.82. The van der Waals surface area contributed by atoms with E-state index >= 15 is 0 Å². The second kappa shape index (κ2) is 7.04. The molecule has 5 nitrogen and oxygen atoms in total. The van der Waals surface area contributed by atoms with Crippen molar-refractivity contribution in [2.75, 3.05) is 20.6 Å². The molecule has 0 aromatic heterocycles. The average Bonchev–Trinajstić information content (AvgIpc) is 2.00. The third-order valence-corrected chi connectivity index (χ3v) is 1.05. The van der Waals surface area contributed by atoms with Gasteiger partial charge < -0.3 is 15.7 Å². The minimum absolute atomic E-state index is 0.237. The molecule has 0 saturated heterocycles. The summed E-state index contributed by atoms with van der Waals surface area (Å²) in [5.74, 6) is -2.99. The van der Waals surface area contributed by atoms with Crippen molar-refractivity contribution in [2.45, 2.75) is 12.6 Å². The van der Waals surface area contributed by atoms with Crippen LogP contribution >= 0.6 is 0 Å². The van der Waals surface area contributed by atoms with Crippen molar-refractivity contribution >= 4 is 11.9 Å².